The molecule has 0 bridgehead atoms. The summed E-state index contributed by atoms with van der Waals surface area (Å²) in [7, 11) is 0. The Kier molecular flexibility index (Phi) is 60.9. The molecule has 0 saturated heterocycles. The van der Waals surface area contributed by atoms with Crippen LogP contribution >= 0.6 is 0 Å². The van der Waals surface area contributed by atoms with Gasteiger partial charge in [0.1, 0.15) is 0 Å². The van der Waals surface area contributed by atoms with Crippen molar-refractivity contribution in [3.63, 3.8) is 0 Å². The van der Waals surface area contributed by atoms with E-state index in [9.17, 15) is 19.8 Å². The van der Waals surface area contributed by atoms with Crippen LogP contribution < -0.4 is 5.32 Å². The molecule has 0 fully saturated rings. The van der Waals surface area contributed by atoms with Crippen LogP contribution in [0.5, 0.6) is 0 Å². The van der Waals surface area contributed by atoms with Crippen molar-refractivity contribution in [2.45, 2.75) is 386 Å². The average molecular weight is 1020 g/mol. The van der Waals surface area contributed by atoms with E-state index in [1.54, 1.807) is 6.08 Å². The molecule has 0 aliphatic carbocycles. The Labute approximate surface area is 450 Å². The average Bonchev–Trinajstić information content (AvgIpc) is 3.38. The lowest BCUT2D eigenvalue weighted by atomic mass is 10.0. The Hall–Kier alpha value is -1.40. The number of ether oxygens (including phenoxy) is 1. The van der Waals surface area contributed by atoms with Gasteiger partial charge in [-0.05, 0) is 32.1 Å². The molecule has 0 aliphatic heterocycles. The highest BCUT2D eigenvalue weighted by atomic mass is 16.5. The zero-order valence-electron chi connectivity index (χ0n) is 48.9. The molecule has 72 heavy (non-hydrogen) atoms. The SMILES string of the molecule is CCCCCCCCCCCCCCCCCCCCCC/C=C/C(O)C(CO)NC(=O)CCCCCCCCCCCCCCCCCCCCCCCOC(=O)CCCCCCCCCCCCCC. The summed E-state index contributed by atoms with van der Waals surface area (Å²) in [5.74, 6) is -0.0516. The van der Waals surface area contributed by atoms with Crippen molar-refractivity contribution < 1.29 is 24.5 Å². The summed E-state index contributed by atoms with van der Waals surface area (Å²) in [5, 5.41) is 23.2. The molecule has 0 radical (unpaired) electrons. The van der Waals surface area contributed by atoms with Gasteiger partial charge in [0, 0.05) is 12.8 Å². The lowest BCUT2D eigenvalue weighted by molar-refractivity contribution is -0.143. The van der Waals surface area contributed by atoms with Gasteiger partial charge in [-0.15, -0.1) is 0 Å². The molecule has 0 aliphatic rings. The van der Waals surface area contributed by atoms with E-state index in [0.29, 0.717) is 19.4 Å². The number of nitrogens with one attached hydrogen (secondary N) is 1. The zero-order chi connectivity index (χ0) is 52.2. The van der Waals surface area contributed by atoms with E-state index in [1.807, 2.05) is 6.08 Å². The minimum absolute atomic E-state index is 0.0130. The number of esters is 1. The molecule has 0 rings (SSSR count). The number of hydrogen-bond donors (Lipinski definition) is 3. The number of carbonyl (C=O) groups excluding carboxylic acids is 2. The largest absolute Gasteiger partial charge is 0.466 e. The monoisotopic (exact) mass is 1020 g/mol. The fourth-order valence-electron chi connectivity index (χ4n) is 10.5. The second kappa shape index (κ2) is 62.1. The number of rotatable bonds is 62. The quantitative estimate of drug-likeness (QED) is 0.0320. The van der Waals surface area contributed by atoms with Gasteiger partial charge in [-0.25, -0.2) is 0 Å². The number of amides is 1. The van der Waals surface area contributed by atoms with E-state index in [4.69, 9.17) is 4.74 Å². The topological polar surface area (TPSA) is 95.9 Å². The van der Waals surface area contributed by atoms with Crippen molar-refractivity contribution in [3.8, 4) is 0 Å². The van der Waals surface area contributed by atoms with Gasteiger partial charge in [0.25, 0.3) is 0 Å². The second-order valence-electron chi connectivity index (χ2n) is 22.8. The third-order valence-corrected chi connectivity index (χ3v) is 15.6. The van der Waals surface area contributed by atoms with Gasteiger partial charge in [-0.1, -0.05) is 341 Å². The first-order valence-corrected chi connectivity index (χ1v) is 33.0. The summed E-state index contributed by atoms with van der Waals surface area (Å²) in [6, 6.07) is -0.629. The summed E-state index contributed by atoms with van der Waals surface area (Å²) in [6.45, 7) is 4.94. The maximum Gasteiger partial charge on any atom is 0.305 e. The van der Waals surface area contributed by atoms with Crippen molar-refractivity contribution in [3.05, 3.63) is 12.2 Å². The van der Waals surface area contributed by atoms with E-state index in [-0.39, 0.29) is 18.5 Å². The van der Waals surface area contributed by atoms with Crippen molar-refractivity contribution >= 4 is 11.9 Å². The van der Waals surface area contributed by atoms with Crippen LogP contribution in [0.25, 0.3) is 0 Å². The molecule has 2 atom stereocenters. The molecule has 0 aromatic rings. The minimum atomic E-state index is -0.845. The van der Waals surface area contributed by atoms with Crippen molar-refractivity contribution in [2.24, 2.45) is 0 Å². The maximum absolute atomic E-state index is 12.5. The summed E-state index contributed by atoms with van der Waals surface area (Å²) in [4.78, 5) is 24.5. The number of aliphatic hydroxyl groups excluding tert-OH is 2. The number of hydrogen-bond acceptors (Lipinski definition) is 5. The van der Waals surface area contributed by atoms with Gasteiger partial charge in [-0.2, -0.15) is 0 Å². The van der Waals surface area contributed by atoms with Gasteiger partial charge >= 0.3 is 5.97 Å². The van der Waals surface area contributed by atoms with Crippen LogP contribution in [0, 0.1) is 0 Å². The van der Waals surface area contributed by atoms with Crippen LogP contribution in [-0.4, -0.2) is 47.4 Å². The number of carbonyl (C=O) groups is 2. The van der Waals surface area contributed by atoms with Crippen LogP contribution in [0.3, 0.4) is 0 Å². The molecule has 428 valence electrons. The number of allylic oxidation sites excluding steroid dienone is 1. The first-order valence-electron chi connectivity index (χ1n) is 33.0. The molecule has 0 saturated carbocycles. The summed E-state index contributed by atoms with van der Waals surface area (Å²) < 4.78 is 5.48. The van der Waals surface area contributed by atoms with Gasteiger partial charge in [0.05, 0.1) is 25.4 Å². The lowest BCUT2D eigenvalue weighted by Crippen LogP contribution is -2.45. The maximum atomic E-state index is 12.5. The van der Waals surface area contributed by atoms with E-state index >= 15 is 0 Å². The molecule has 0 spiro atoms. The fourth-order valence-corrected chi connectivity index (χ4v) is 10.5. The molecular formula is C66H129NO5. The summed E-state index contributed by atoms with van der Waals surface area (Å²) in [5.41, 5.74) is 0. The highest BCUT2D eigenvalue weighted by molar-refractivity contribution is 5.76. The van der Waals surface area contributed by atoms with Crippen LogP contribution in [0.2, 0.25) is 0 Å². The molecule has 0 aromatic heterocycles. The Balaban J connectivity index is 3.41. The number of unbranched alkanes of at least 4 members (excludes halogenated alkanes) is 51. The Morgan fingerprint density at radius 1 is 0.375 bits per heavy atom. The van der Waals surface area contributed by atoms with Gasteiger partial charge < -0.3 is 20.3 Å². The van der Waals surface area contributed by atoms with Gasteiger partial charge in [-0.3, -0.25) is 9.59 Å². The highest BCUT2D eigenvalue weighted by Crippen LogP contribution is 2.19. The second-order valence-corrected chi connectivity index (χ2v) is 22.8. The van der Waals surface area contributed by atoms with Crippen LogP contribution in [0.4, 0.5) is 0 Å². The third-order valence-electron chi connectivity index (χ3n) is 15.6. The smallest absolute Gasteiger partial charge is 0.305 e. The Bertz CT molecular complexity index is 1080. The van der Waals surface area contributed by atoms with Gasteiger partial charge in [0.2, 0.25) is 5.91 Å². The van der Waals surface area contributed by atoms with E-state index in [2.05, 4.69) is 19.2 Å². The summed E-state index contributed by atoms with van der Waals surface area (Å²) in [6.07, 6.45) is 75.5. The molecule has 6 nitrogen and oxygen atoms in total. The fraction of sp³-hybridized carbons (Fsp3) is 0.939. The van der Waals surface area contributed by atoms with Crippen LogP contribution in [0.15, 0.2) is 12.2 Å². The molecule has 0 heterocycles. The highest BCUT2D eigenvalue weighted by Gasteiger charge is 2.18. The van der Waals surface area contributed by atoms with E-state index in [1.165, 1.54) is 308 Å². The predicted molar refractivity (Wildman–Crippen MR) is 315 cm³/mol. The summed E-state index contributed by atoms with van der Waals surface area (Å²) >= 11 is 0. The standard InChI is InChI=1S/C66H129NO5/c1-3-5-7-9-11-13-15-17-18-19-20-21-23-26-29-32-35-38-42-46-50-54-58-64(69)63(62-68)67-65(70)59-55-51-47-43-39-36-33-30-27-24-22-25-28-31-34-37-41-45-49-53-57-61-72-66(71)60-56-52-48-44-40-16-14-12-10-8-6-4-2/h54,58,63-64,68-69H,3-53,55-57,59-62H2,1-2H3,(H,67,70)/b58-54+. The molecule has 6 heteroatoms. The van der Waals surface area contributed by atoms with Crippen molar-refractivity contribution in [2.75, 3.05) is 13.2 Å². The Morgan fingerprint density at radius 3 is 0.944 bits per heavy atom. The minimum Gasteiger partial charge on any atom is -0.466 e. The molecule has 0 aromatic carbocycles. The molecule has 3 N–H and O–H groups in total. The Morgan fingerprint density at radius 2 is 0.639 bits per heavy atom. The normalized spacial score (nSPS) is 12.6. The van der Waals surface area contributed by atoms with Gasteiger partial charge in [0.15, 0.2) is 0 Å². The van der Waals surface area contributed by atoms with Crippen molar-refractivity contribution in [1.82, 2.24) is 5.32 Å². The predicted octanol–water partition coefficient (Wildman–Crippen LogP) is 20.8. The molecule has 1 amide bonds. The first kappa shape index (κ1) is 70.6. The van der Waals surface area contributed by atoms with E-state index in [0.717, 1.165) is 38.5 Å². The molecule has 2 unspecified atom stereocenters. The van der Waals surface area contributed by atoms with Crippen LogP contribution in [0.1, 0.15) is 373 Å². The molecular weight excluding hydrogens is 887 g/mol. The number of aliphatic hydroxyl groups is 2. The lowest BCUT2D eigenvalue weighted by Gasteiger charge is -2.20. The first-order chi connectivity index (χ1) is 35.5. The van der Waals surface area contributed by atoms with E-state index < -0.39 is 12.1 Å². The van der Waals surface area contributed by atoms with Crippen molar-refractivity contribution in [1.29, 1.82) is 0 Å². The zero-order valence-corrected chi connectivity index (χ0v) is 48.9. The van der Waals surface area contributed by atoms with Crippen LogP contribution in [-0.2, 0) is 14.3 Å². The third kappa shape index (κ3) is 57.9.